The third-order valence-corrected chi connectivity index (χ3v) is 4.86. The molecule has 0 aliphatic heterocycles. The third kappa shape index (κ3) is 4.32. The zero-order valence-corrected chi connectivity index (χ0v) is 15.4. The Bertz CT molecular complexity index is 890. The number of thioether (sulfide) groups is 1. The predicted octanol–water partition coefficient (Wildman–Crippen LogP) is 4.84. The number of hydrogen-bond donors (Lipinski definition) is 0. The fraction of sp³-hybridized carbons (Fsp3) is 0.278. The highest BCUT2D eigenvalue weighted by Crippen LogP contribution is 2.33. The third-order valence-electron chi connectivity index (χ3n) is 3.52. The first-order chi connectivity index (χ1) is 12.0. The molecule has 0 aliphatic carbocycles. The van der Waals surface area contributed by atoms with Gasteiger partial charge in [0.1, 0.15) is 0 Å². The van der Waals surface area contributed by atoms with Crippen LogP contribution < -0.4 is 0 Å². The van der Waals surface area contributed by atoms with Gasteiger partial charge in [0.05, 0.1) is 5.75 Å². The maximum absolute atomic E-state index is 12.0. The lowest BCUT2D eigenvalue weighted by Gasteiger charge is -2.07. The SMILES string of the molecule is CC(C)c1noc(COC(=O)CSc2cccc3cccc(Cl)c23)n1. The molecule has 0 radical (unpaired) electrons. The van der Waals surface area contributed by atoms with Crippen molar-refractivity contribution < 1.29 is 14.1 Å². The normalized spacial score (nSPS) is 11.2. The van der Waals surface area contributed by atoms with Crippen LogP contribution in [0.25, 0.3) is 10.8 Å². The van der Waals surface area contributed by atoms with E-state index in [-0.39, 0.29) is 24.2 Å². The molecule has 3 aromatic rings. The second-order valence-electron chi connectivity index (χ2n) is 5.74. The lowest BCUT2D eigenvalue weighted by molar-refractivity contribution is -0.142. The Morgan fingerprint density at radius 1 is 1.28 bits per heavy atom. The van der Waals surface area contributed by atoms with Crippen LogP contribution in [0.3, 0.4) is 0 Å². The fourth-order valence-corrected chi connectivity index (χ4v) is 3.51. The maximum Gasteiger partial charge on any atom is 0.316 e. The average molecular weight is 377 g/mol. The molecule has 1 aromatic heterocycles. The highest BCUT2D eigenvalue weighted by atomic mass is 35.5. The smallest absolute Gasteiger partial charge is 0.316 e. The number of esters is 1. The minimum Gasteiger partial charge on any atom is -0.455 e. The maximum atomic E-state index is 12.0. The highest BCUT2D eigenvalue weighted by Gasteiger charge is 2.13. The highest BCUT2D eigenvalue weighted by molar-refractivity contribution is 8.00. The van der Waals surface area contributed by atoms with Gasteiger partial charge in [-0.05, 0) is 17.5 Å². The van der Waals surface area contributed by atoms with E-state index in [4.69, 9.17) is 20.9 Å². The van der Waals surface area contributed by atoms with Crippen LogP contribution in [0.4, 0.5) is 0 Å². The van der Waals surface area contributed by atoms with Gasteiger partial charge in [0.2, 0.25) is 0 Å². The summed E-state index contributed by atoms with van der Waals surface area (Å²) in [5.41, 5.74) is 0. The Kier molecular flexibility index (Phi) is 5.60. The van der Waals surface area contributed by atoms with E-state index in [0.717, 1.165) is 15.7 Å². The van der Waals surface area contributed by atoms with Gasteiger partial charge in [-0.25, -0.2) is 0 Å². The van der Waals surface area contributed by atoms with E-state index in [2.05, 4.69) is 10.1 Å². The molecule has 0 amide bonds. The largest absolute Gasteiger partial charge is 0.455 e. The summed E-state index contributed by atoms with van der Waals surface area (Å²) in [6, 6.07) is 11.6. The number of nitrogens with zero attached hydrogens (tertiary/aromatic N) is 2. The van der Waals surface area contributed by atoms with Crippen molar-refractivity contribution >= 4 is 40.1 Å². The molecule has 1 heterocycles. The Hall–Kier alpha value is -2.05. The van der Waals surface area contributed by atoms with E-state index in [0.29, 0.717) is 16.7 Å². The first kappa shape index (κ1) is 17.8. The molecule has 0 N–H and O–H groups in total. The van der Waals surface area contributed by atoms with Crippen LogP contribution in [0.5, 0.6) is 0 Å². The molecule has 25 heavy (non-hydrogen) atoms. The van der Waals surface area contributed by atoms with Gasteiger partial charge < -0.3 is 9.26 Å². The van der Waals surface area contributed by atoms with E-state index in [1.807, 2.05) is 50.2 Å². The summed E-state index contributed by atoms with van der Waals surface area (Å²) in [4.78, 5) is 17.1. The molecular weight excluding hydrogens is 360 g/mol. The van der Waals surface area contributed by atoms with Gasteiger partial charge in [-0.3, -0.25) is 4.79 Å². The van der Waals surface area contributed by atoms with E-state index in [1.54, 1.807) is 0 Å². The molecule has 5 nitrogen and oxygen atoms in total. The van der Waals surface area contributed by atoms with Crippen molar-refractivity contribution in [3.63, 3.8) is 0 Å². The van der Waals surface area contributed by atoms with Crippen LogP contribution in [-0.4, -0.2) is 21.9 Å². The quantitative estimate of drug-likeness (QED) is 0.453. The molecule has 0 fully saturated rings. The van der Waals surface area contributed by atoms with Crippen LogP contribution in [-0.2, 0) is 16.1 Å². The molecule has 0 atom stereocenters. The van der Waals surface area contributed by atoms with Crippen molar-refractivity contribution in [2.75, 3.05) is 5.75 Å². The molecule has 0 aliphatic rings. The molecule has 7 heteroatoms. The summed E-state index contributed by atoms with van der Waals surface area (Å²) in [6.45, 7) is 3.91. The lowest BCUT2D eigenvalue weighted by atomic mass is 10.1. The number of benzene rings is 2. The van der Waals surface area contributed by atoms with Crippen molar-refractivity contribution in [3.05, 3.63) is 53.1 Å². The minimum atomic E-state index is -0.349. The minimum absolute atomic E-state index is 0.0184. The standard InChI is InChI=1S/C18H17ClN2O3S/c1-11(2)18-20-15(24-21-18)9-23-16(22)10-25-14-8-4-6-12-5-3-7-13(19)17(12)14/h3-8,11H,9-10H2,1-2H3. The first-order valence-electron chi connectivity index (χ1n) is 7.82. The number of rotatable bonds is 6. The van der Waals surface area contributed by atoms with Crippen molar-refractivity contribution in [2.45, 2.75) is 31.3 Å². The number of halogens is 1. The Balaban J connectivity index is 1.59. The second-order valence-corrected chi connectivity index (χ2v) is 7.17. The van der Waals surface area contributed by atoms with Gasteiger partial charge in [0.25, 0.3) is 5.89 Å². The lowest BCUT2D eigenvalue weighted by Crippen LogP contribution is -2.07. The van der Waals surface area contributed by atoms with Crippen molar-refractivity contribution in [1.29, 1.82) is 0 Å². The zero-order chi connectivity index (χ0) is 17.8. The monoisotopic (exact) mass is 376 g/mol. The first-order valence-corrected chi connectivity index (χ1v) is 9.19. The molecule has 0 saturated heterocycles. The van der Waals surface area contributed by atoms with Crippen LogP contribution >= 0.6 is 23.4 Å². The summed E-state index contributed by atoms with van der Waals surface area (Å²) >= 11 is 7.68. The van der Waals surface area contributed by atoms with Crippen molar-refractivity contribution in [1.82, 2.24) is 10.1 Å². The Morgan fingerprint density at radius 2 is 2.04 bits per heavy atom. The van der Waals surface area contributed by atoms with Crippen LogP contribution in [0.1, 0.15) is 31.5 Å². The zero-order valence-electron chi connectivity index (χ0n) is 13.9. The Morgan fingerprint density at radius 3 is 2.76 bits per heavy atom. The molecule has 0 spiro atoms. The van der Waals surface area contributed by atoms with E-state index < -0.39 is 0 Å². The van der Waals surface area contributed by atoms with Gasteiger partial charge in [-0.15, -0.1) is 11.8 Å². The second kappa shape index (κ2) is 7.89. The van der Waals surface area contributed by atoms with Crippen molar-refractivity contribution in [3.8, 4) is 0 Å². The summed E-state index contributed by atoms with van der Waals surface area (Å²) < 4.78 is 10.2. The summed E-state index contributed by atoms with van der Waals surface area (Å²) in [5.74, 6) is 0.898. The number of carbonyl (C=O) groups is 1. The molecule has 0 saturated carbocycles. The molecular formula is C18H17ClN2O3S. The summed E-state index contributed by atoms with van der Waals surface area (Å²) in [6.07, 6.45) is 0. The van der Waals surface area contributed by atoms with Gasteiger partial charge in [0.15, 0.2) is 12.4 Å². The van der Waals surface area contributed by atoms with Crippen LogP contribution in [0.15, 0.2) is 45.8 Å². The topological polar surface area (TPSA) is 65.2 Å². The fourth-order valence-electron chi connectivity index (χ4n) is 2.26. The number of fused-ring (bicyclic) bond motifs is 1. The number of hydrogen-bond acceptors (Lipinski definition) is 6. The molecule has 2 aromatic carbocycles. The van der Waals surface area contributed by atoms with Gasteiger partial charge in [-0.2, -0.15) is 4.98 Å². The van der Waals surface area contributed by atoms with Crippen molar-refractivity contribution in [2.24, 2.45) is 0 Å². The average Bonchev–Trinajstić information content (AvgIpc) is 3.07. The number of aromatic nitrogens is 2. The molecule has 3 rings (SSSR count). The van der Waals surface area contributed by atoms with Gasteiger partial charge in [-0.1, -0.05) is 54.9 Å². The molecule has 0 unspecified atom stereocenters. The van der Waals surface area contributed by atoms with E-state index >= 15 is 0 Å². The van der Waals surface area contributed by atoms with Crippen LogP contribution in [0, 0.1) is 0 Å². The number of ether oxygens (including phenoxy) is 1. The van der Waals surface area contributed by atoms with E-state index in [1.165, 1.54) is 11.8 Å². The van der Waals surface area contributed by atoms with Gasteiger partial charge in [0, 0.05) is 21.2 Å². The molecule has 0 bridgehead atoms. The number of carbonyl (C=O) groups excluding carboxylic acids is 1. The van der Waals surface area contributed by atoms with Crippen LogP contribution in [0.2, 0.25) is 5.02 Å². The molecule has 130 valence electrons. The van der Waals surface area contributed by atoms with E-state index in [9.17, 15) is 4.79 Å². The summed E-state index contributed by atoms with van der Waals surface area (Å²) in [7, 11) is 0. The van der Waals surface area contributed by atoms with Gasteiger partial charge >= 0.3 is 5.97 Å². The predicted molar refractivity (Wildman–Crippen MR) is 97.9 cm³/mol. The summed E-state index contributed by atoms with van der Waals surface area (Å²) in [5, 5.41) is 6.49. The Labute approximate surface area is 154 Å².